The molecule has 0 unspecified atom stereocenters. The number of sulfonamides is 1. The summed E-state index contributed by atoms with van der Waals surface area (Å²) in [6.07, 6.45) is 0.872. The summed E-state index contributed by atoms with van der Waals surface area (Å²) in [7, 11) is -4.53. The van der Waals surface area contributed by atoms with Crippen molar-refractivity contribution in [2.75, 3.05) is 4.72 Å². The minimum absolute atomic E-state index is 0.0260. The highest BCUT2D eigenvalue weighted by Crippen LogP contribution is 2.28. The van der Waals surface area contributed by atoms with E-state index in [-0.39, 0.29) is 15.8 Å². The monoisotopic (exact) mass is 435 g/mol. The number of benzene rings is 1. The quantitative estimate of drug-likeness (QED) is 0.568. The summed E-state index contributed by atoms with van der Waals surface area (Å²) in [4.78, 5) is 26.6. The summed E-state index contributed by atoms with van der Waals surface area (Å²) in [6, 6.07) is 4.23. The first-order valence-corrected chi connectivity index (χ1v) is 9.16. The lowest BCUT2D eigenvalue weighted by Gasteiger charge is -2.14. The Kier molecular flexibility index (Phi) is 5.08. The summed E-state index contributed by atoms with van der Waals surface area (Å²) in [6.45, 7) is -3.42. The second-order valence-electron chi connectivity index (χ2n) is 5.35. The number of halogens is 4. The minimum atomic E-state index is -4.53. The van der Waals surface area contributed by atoms with Crippen LogP contribution < -0.4 is 20.6 Å². The molecule has 148 valence electrons. The van der Waals surface area contributed by atoms with E-state index in [0.29, 0.717) is 6.07 Å². The van der Waals surface area contributed by atoms with Crippen molar-refractivity contribution in [3.8, 4) is 5.88 Å². The zero-order chi connectivity index (χ0) is 20.6. The van der Waals surface area contributed by atoms with Gasteiger partial charge >= 0.3 is 6.61 Å². The van der Waals surface area contributed by atoms with E-state index in [9.17, 15) is 31.2 Å². The van der Waals surface area contributed by atoms with Gasteiger partial charge in [-0.05, 0) is 12.1 Å². The van der Waals surface area contributed by atoms with Crippen LogP contribution in [-0.2, 0) is 10.0 Å². The third-order valence-electron chi connectivity index (χ3n) is 3.53. The summed E-state index contributed by atoms with van der Waals surface area (Å²) < 4.78 is 69.9. The molecule has 0 bridgehead atoms. The van der Waals surface area contributed by atoms with Crippen LogP contribution in [0.1, 0.15) is 0 Å². The fourth-order valence-corrected chi connectivity index (χ4v) is 3.78. The normalized spacial score (nSPS) is 11.8. The number of alkyl halides is 2. The number of rotatable bonds is 5. The lowest BCUT2D eigenvalue weighted by molar-refractivity contribution is -0.0525. The third kappa shape index (κ3) is 3.82. The summed E-state index contributed by atoms with van der Waals surface area (Å²) >= 11 is 5.81. The highest BCUT2D eigenvalue weighted by molar-refractivity contribution is 7.93. The molecule has 3 aromatic rings. The maximum absolute atomic E-state index is 13.5. The average molecular weight is 436 g/mol. The molecule has 28 heavy (non-hydrogen) atoms. The van der Waals surface area contributed by atoms with Gasteiger partial charge in [0.25, 0.3) is 21.1 Å². The number of pyridine rings is 2. The van der Waals surface area contributed by atoms with Gasteiger partial charge in [0.15, 0.2) is 5.82 Å². The first-order valence-electron chi connectivity index (χ1n) is 7.30. The molecular formula is C15H9ClF3N3O5S. The molecule has 0 atom stereocenters. The van der Waals surface area contributed by atoms with Crippen molar-refractivity contribution in [2.45, 2.75) is 11.5 Å². The first-order chi connectivity index (χ1) is 13.1. The average Bonchev–Trinajstić information content (AvgIpc) is 2.59. The zero-order valence-electron chi connectivity index (χ0n) is 13.4. The van der Waals surface area contributed by atoms with Crippen LogP contribution in [0.2, 0.25) is 5.02 Å². The smallest absolute Gasteiger partial charge is 0.388 e. The molecule has 0 amide bonds. The molecule has 0 aliphatic carbocycles. The van der Waals surface area contributed by atoms with E-state index in [0.717, 1.165) is 6.20 Å². The van der Waals surface area contributed by atoms with E-state index in [4.69, 9.17) is 11.6 Å². The Hall–Kier alpha value is -2.99. The van der Waals surface area contributed by atoms with Crippen molar-refractivity contribution >= 4 is 38.1 Å². The van der Waals surface area contributed by atoms with Gasteiger partial charge in [0.05, 0.1) is 0 Å². The van der Waals surface area contributed by atoms with E-state index in [1.165, 1.54) is 18.2 Å². The largest absolute Gasteiger partial charge is 0.417 e. The Morgan fingerprint density at radius 1 is 1.11 bits per heavy atom. The summed E-state index contributed by atoms with van der Waals surface area (Å²) in [5, 5.41) is 0.102. The Labute approximate surface area is 159 Å². The number of fused-ring (bicyclic) bond motifs is 1. The highest BCUT2D eigenvalue weighted by Gasteiger charge is 2.23. The van der Waals surface area contributed by atoms with Crippen LogP contribution in [0.5, 0.6) is 5.88 Å². The molecule has 2 aromatic heterocycles. The molecule has 0 fully saturated rings. The molecular weight excluding hydrogens is 427 g/mol. The van der Waals surface area contributed by atoms with Crippen LogP contribution >= 0.6 is 11.6 Å². The highest BCUT2D eigenvalue weighted by atomic mass is 35.5. The maximum atomic E-state index is 13.5. The van der Waals surface area contributed by atoms with Crippen LogP contribution in [0, 0.1) is 5.82 Å². The van der Waals surface area contributed by atoms with Gasteiger partial charge in [-0.1, -0.05) is 17.7 Å². The molecule has 0 saturated carbocycles. The van der Waals surface area contributed by atoms with Crippen LogP contribution in [0.3, 0.4) is 0 Å². The molecule has 0 aliphatic heterocycles. The predicted octanol–water partition coefficient (Wildman–Crippen LogP) is 2.41. The number of nitrogens with one attached hydrogen (secondary N) is 3. The number of H-pyrrole nitrogens is 2. The Bertz CT molecular complexity index is 1290. The molecule has 2 heterocycles. The van der Waals surface area contributed by atoms with E-state index in [2.05, 4.69) is 9.72 Å². The van der Waals surface area contributed by atoms with Crippen LogP contribution in [0.25, 0.3) is 10.8 Å². The van der Waals surface area contributed by atoms with Crippen LogP contribution in [0.15, 0.2) is 44.9 Å². The standard InChI is InChI=1S/C15H9ClF3N3O5S/c16-6-1-2-7-8(3-6)12(23)20-5-11(7)28(25,26)22-10-4-9(17)13(24)21-14(10)27-15(18)19/h1-5,15,22H,(H,20,23)(H,21,24). The Balaban J connectivity index is 2.15. The molecule has 8 nitrogen and oxygen atoms in total. The number of aromatic nitrogens is 2. The van der Waals surface area contributed by atoms with Gasteiger partial charge in [0.2, 0.25) is 5.88 Å². The first kappa shape index (κ1) is 19.8. The topological polar surface area (TPSA) is 121 Å². The van der Waals surface area contributed by atoms with Gasteiger partial charge in [-0.3, -0.25) is 19.3 Å². The number of hydrogen-bond donors (Lipinski definition) is 3. The Morgan fingerprint density at radius 3 is 2.50 bits per heavy atom. The summed E-state index contributed by atoms with van der Waals surface area (Å²) in [5.74, 6) is -2.42. The molecule has 0 aliphatic rings. The molecule has 3 N–H and O–H groups in total. The second-order valence-corrected chi connectivity index (χ2v) is 7.43. The van der Waals surface area contributed by atoms with Crippen molar-refractivity contribution in [3.63, 3.8) is 0 Å². The number of aromatic amines is 2. The van der Waals surface area contributed by atoms with E-state index < -0.39 is 50.0 Å². The minimum Gasteiger partial charge on any atom is -0.417 e. The number of anilines is 1. The van der Waals surface area contributed by atoms with Gasteiger partial charge in [0.1, 0.15) is 10.6 Å². The third-order valence-corrected chi connectivity index (χ3v) is 5.17. The van der Waals surface area contributed by atoms with Crippen molar-refractivity contribution in [1.82, 2.24) is 9.97 Å². The zero-order valence-corrected chi connectivity index (χ0v) is 15.0. The lowest BCUT2D eigenvalue weighted by Crippen LogP contribution is -2.21. The van der Waals surface area contributed by atoms with E-state index in [1.54, 1.807) is 4.98 Å². The maximum Gasteiger partial charge on any atom is 0.388 e. The lowest BCUT2D eigenvalue weighted by atomic mass is 10.2. The van der Waals surface area contributed by atoms with Gasteiger partial charge < -0.3 is 9.72 Å². The van der Waals surface area contributed by atoms with Gasteiger partial charge in [-0.25, -0.2) is 12.8 Å². The van der Waals surface area contributed by atoms with Gasteiger partial charge in [-0.2, -0.15) is 8.78 Å². The fourth-order valence-electron chi connectivity index (χ4n) is 2.37. The van der Waals surface area contributed by atoms with Crippen molar-refractivity contribution in [2.24, 2.45) is 0 Å². The molecule has 0 spiro atoms. The van der Waals surface area contributed by atoms with E-state index >= 15 is 0 Å². The number of hydrogen-bond acceptors (Lipinski definition) is 5. The van der Waals surface area contributed by atoms with Crippen molar-refractivity contribution < 1.29 is 26.3 Å². The molecule has 3 rings (SSSR count). The Morgan fingerprint density at radius 2 is 1.82 bits per heavy atom. The van der Waals surface area contributed by atoms with Crippen molar-refractivity contribution in [1.29, 1.82) is 0 Å². The predicted molar refractivity (Wildman–Crippen MR) is 94.0 cm³/mol. The molecule has 0 radical (unpaired) electrons. The molecule has 1 aromatic carbocycles. The van der Waals surface area contributed by atoms with Crippen molar-refractivity contribution in [3.05, 3.63) is 62.0 Å². The second kappa shape index (κ2) is 7.20. The van der Waals surface area contributed by atoms with Crippen LogP contribution in [0.4, 0.5) is 18.9 Å². The summed E-state index contributed by atoms with van der Waals surface area (Å²) in [5.41, 5.74) is -2.78. The fraction of sp³-hybridized carbons (Fsp3) is 0.0667. The van der Waals surface area contributed by atoms with E-state index in [1.807, 2.05) is 4.72 Å². The molecule has 0 saturated heterocycles. The van der Waals surface area contributed by atoms with Gasteiger partial charge in [-0.15, -0.1) is 0 Å². The molecule has 13 heteroatoms. The van der Waals surface area contributed by atoms with Crippen LogP contribution in [-0.4, -0.2) is 25.0 Å². The number of ether oxygens (including phenoxy) is 1. The SMILES string of the molecule is O=c1[nH]c(OC(F)F)c(NS(=O)(=O)c2c[nH]c(=O)c3cc(Cl)ccc23)cc1F. The van der Waals surface area contributed by atoms with Gasteiger partial charge in [0, 0.05) is 28.1 Å².